The molecule has 1 aromatic heterocycles. The van der Waals surface area contributed by atoms with Gasteiger partial charge in [-0.2, -0.15) is 15.0 Å². The van der Waals surface area contributed by atoms with Crippen molar-refractivity contribution in [2.75, 3.05) is 9.80 Å². The zero-order valence-electron chi connectivity index (χ0n) is 27.2. The highest BCUT2D eigenvalue weighted by Gasteiger charge is 2.48. The van der Waals surface area contributed by atoms with Crippen molar-refractivity contribution >= 4 is 11.9 Å². The second-order valence-electron chi connectivity index (χ2n) is 15.7. The Morgan fingerprint density at radius 3 is 1.43 bits per heavy atom. The lowest BCUT2D eigenvalue weighted by molar-refractivity contribution is 0.155. The summed E-state index contributed by atoms with van der Waals surface area (Å²) in [4.78, 5) is 20.3. The van der Waals surface area contributed by atoms with Crippen LogP contribution < -0.4 is 20.3 Å². The van der Waals surface area contributed by atoms with Crippen LogP contribution in [0, 0.1) is 0 Å². The van der Waals surface area contributed by atoms with Gasteiger partial charge in [-0.3, -0.25) is 0 Å². The van der Waals surface area contributed by atoms with E-state index in [1.165, 1.54) is 64.2 Å². The molecule has 0 bridgehead atoms. The number of piperidine rings is 2. The van der Waals surface area contributed by atoms with E-state index >= 15 is 0 Å². The summed E-state index contributed by atoms with van der Waals surface area (Å²) in [6.45, 7) is 18.4. The van der Waals surface area contributed by atoms with Crippen molar-refractivity contribution in [1.29, 1.82) is 0 Å². The van der Waals surface area contributed by atoms with Gasteiger partial charge in [-0.15, -0.1) is 0 Å². The lowest BCUT2D eigenvalue weighted by atomic mass is 9.77. The summed E-state index contributed by atoms with van der Waals surface area (Å²) in [7, 11) is 0. The molecule has 40 heavy (non-hydrogen) atoms. The van der Waals surface area contributed by atoms with Crippen LogP contribution in [0.5, 0.6) is 6.01 Å². The van der Waals surface area contributed by atoms with Crippen LogP contribution in [0.4, 0.5) is 11.9 Å². The average Bonchev–Trinajstić information content (AvgIpc) is 2.77. The molecule has 2 saturated heterocycles. The minimum absolute atomic E-state index is 0.0555. The van der Waals surface area contributed by atoms with Crippen LogP contribution in [-0.2, 0) is 0 Å². The maximum atomic E-state index is 6.78. The molecule has 1 aromatic rings. The van der Waals surface area contributed by atoms with Crippen LogP contribution >= 0.6 is 0 Å². The molecule has 0 unspecified atom stereocenters. The van der Waals surface area contributed by atoms with E-state index in [9.17, 15) is 0 Å². The maximum absolute atomic E-state index is 6.78. The SMILES string of the molecule is CC1(C)CCCC(C)(C)N1c1nc(OC2CCCCCCCCCCC2)nc(N2C(C)(C)CC(N)CC2(C)C)n1. The summed E-state index contributed by atoms with van der Waals surface area (Å²) in [5.41, 5.74) is 6.08. The Kier molecular flexibility index (Phi) is 9.63. The molecule has 1 aliphatic carbocycles. The Labute approximate surface area is 245 Å². The fourth-order valence-electron chi connectivity index (χ4n) is 8.42. The molecule has 3 aliphatic rings. The Bertz CT molecular complexity index is 928. The van der Waals surface area contributed by atoms with Crippen LogP contribution in [0.25, 0.3) is 0 Å². The van der Waals surface area contributed by atoms with Crippen molar-refractivity contribution in [3.8, 4) is 6.01 Å². The molecule has 0 aromatic carbocycles. The van der Waals surface area contributed by atoms with Gasteiger partial charge >= 0.3 is 6.01 Å². The lowest BCUT2D eigenvalue weighted by Crippen LogP contribution is -2.64. The highest BCUT2D eigenvalue weighted by Crippen LogP contribution is 2.44. The Morgan fingerprint density at radius 2 is 0.975 bits per heavy atom. The molecule has 0 amide bonds. The first-order chi connectivity index (χ1) is 18.7. The van der Waals surface area contributed by atoms with Gasteiger partial charge in [0.2, 0.25) is 11.9 Å². The van der Waals surface area contributed by atoms with Gasteiger partial charge in [-0.05, 0) is 113 Å². The monoisotopic (exact) mass is 556 g/mol. The zero-order valence-corrected chi connectivity index (χ0v) is 27.2. The first-order valence-electron chi connectivity index (χ1n) is 16.5. The topological polar surface area (TPSA) is 80.4 Å². The van der Waals surface area contributed by atoms with Gasteiger partial charge in [-0.25, -0.2) is 0 Å². The predicted octanol–water partition coefficient (Wildman–Crippen LogP) is 7.96. The normalized spacial score (nSPS) is 26.5. The van der Waals surface area contributed by atoms with E-state index in [1.54, 1.807) is 0 Å². The summed E-state index contributed by atoms with van der Waals surface area (Å²) < 4.78 is 6.78. The predicted molar refractivity (Wildman–Crippen MR) is 167 cm³/mol. The van der Waals surface area contributed by atoms with E-state index in [0.29, 0.717) is 6.01 Å². The molecule has 0 spiro atoms. The molecule has 0 atom stereocenters. The molecule has 4 rings (SSSR count). The molecule has 2 aliphatic heterocycles. The third kappa shape index (κ3) is 7.41. The molecular weight excluding hydrogens is 496 g/mol. The Morgan fingerprint density at radius 1 is 0.575 bits per heavy atom. The number of aromatic nitrogens is 3. The number of rotatable bonds is 4. The number of nitrogens with zero attached hydrogens (tertiary/aromatic N) is 5. The van der Waals surface area contributed by atoms with Crippen LogP contribution in [0.2, 0.25) is 0 Å². The highest BCUT2D eigenvalue weighted by atomic mass is 16.5. The van der Waals surface area contributed by atoms with E-state index in [1.807, 2.05) is 0 Å². The summed E-state index contributed by atoms with van der Waals surface area (Å²) in [6, 6.07) is 0.658. The standard InChI is InChI=1S/C33H60N6O/c1-30(2)21-18-22-31(3,4)38(30)27-35-28(39-32(5,6)23-25(34)24-33(39,7)8)37-29(36-27)40-26-19-16-14-12-10-9-11-13-15-17-20-26/h25-26H,9-24,34H2,1-8H3. The quantitative estimate of drug-likeness (QED) is 0.403. The molecule has 7 nitrogen and oxygen atoms in total. The van der Waals surface area contributed by atoms with Crippen LogP contribution in [0.1, 0.15) is 158 Å². The Balaban J connectivity index is 1.74. The molecule has 7 heteroatoms. The van der Waals surface area contributed by atoms with Gasteiger partial charge in [0.1, 0.15) is 6.10 Å². The fraction of sp³-hybridized carbons (Fsp3) is 0.909. The van der Waals surface area contributed by atoms with Gasteiger partial charge in [-0.1, -0.05) is 44.9 Å². The van der Waals surface area contributed by atoms with Crippen molar-refractivity contribution in [3.63, 3.8) is 0 Å². The summed E-state index contributed by atoms with van der Waals surface area (Å²) in [6.07, 6.45) is 19.4. The largest absolute Gasteiger partial charge is 0.460 e. The Hall–Kier alpha value is -1.63. The molecule has 3 fully saturated rings. The highest BCUT2D eigenvalue weighted by molar-refractivity contribution is 5.49. The van der Waals surface area contributed by atoms with Crippen molar-refractivity contribution in [1.82, 2.24) is 15.0 Å². The van der Waals surface area contributed by atoms with Gasteiger partial charge in [0, 0.05) is 28.2 Å². The minimum Gasteiger partial charge on any atom is -0.460 e. The van der Waals surface area contributed by atoms with Crippen molar-refractivity contribution in [2.45, 2.75) is 192 Å². The molecule has 0 radical (unpaired) electrons. The van der Waals surface area contributed by atoms with Crippen LogP contribution in [0.3, 0.4) is 0 Å². The maximum Gasteiger partial charge on any atom is 0.323 e. The molecule has 228 valence electrons. The smallest absolute Gasteiger partial charge is 0.323 e. The van der Waals surface area contributed by atoms with Gasteiger partial charge in [0.05, 0.1) is 0 Å². The van der Waals surface area contributed by atoms with Crippen molar-refractivity contribution in [2.24, 2.45) is 5.73 Å². The first kappa shape index (κ1) is 31.3. The van der Waals surface area contributed by atoms with E-state index in [-0.39, 0.29) is 34.3 Å². The number of hydrogen-bond donors (Lipinski definition) is 1. The minimum atomic E-state index is -0.183. The lowest BCUT2D eigenvalue weighted by Gasteiger charge is -2.55. The van der Waals surface area contributed by atoms with Gasteiger partial charge in [0.15, 0.2) is 0 Å². The van der Waals surface area contributed by atoms with Crippen LogP contribution in [0.15, 0.2) is 0 Å². The van der Waals surface area contributed by atoms with Crippen molar-refractivity contribution < 1.29 is 4.74 Å². The molecule has 3 heterocycles. The number of ether oxygens (including phenoxy) is 1. The van der Waals surface area contributed by atoms with Gasteiger partial charge in [0.25, 0.3) is 0 Å². The van der Waals surface area contributed by atoms with E-state index < -0.39 is 0 Å². The molecule has 1 saturated carbocycles. The summed E-state index contributed by atoms with van der Waals surface area (Å²) >= 11 is 0. The average molecular weight is 557 g/mol. The summed E-state index contributed by atoms with van der Waals surface area (Å²) in [5.74, 6) is 1.48. The molecular formula is C33H60N6O. The number of nitrogens with two attached hydrogens (primary N) is 1. The van der Waals surface area contributed by atoms with Crippen molar-refractivity contribution in [3.05, 3.63) is 0 Å². The number of anilines is 2. The third-order valence-electron chi connectivity index (χ3n) is 9.84. The first-order valence-corrected chi connectivity index (χ1v) is 16.5. The van der Waals surface area contributed by atoms with E-state index in [2.05, 4.69) is 65.2 Å². The summed E-state index contributed by atoms with van der Waals surface area (Å²) in [5, 5.41) is 0. The van der Waals surface area contributed by atoms with E-state index in [4.69, 9.17) is 25.4 Å². The second kappa shape index (κ2) is 12.3. The van der Waals surface area contributed by atoms with Gasteiger partial charge < -0.3 is 20.3 Å². The third-order valence-corrected chi connectivity index (χ3v) is 9.84. The number of hydrogen-bond acceptors (Lipinski definition) is 7. The fourth-order valence-corrected chi connectivity index (χ4v) is 8.42. The van der Waals surface area contributed by atoms with Crippen LogP contribution in [-0.4, -0.2) is 49.3 Å². The van der Waals surface area contributed by atoms with E-state index in [0.717, 1.165) is 50.4 Å². The second-order valence-corrected chi connectivity index (χ2v) is 15.7. The zero-order chi connectivity index (χ0) is 29.2. The molecule has 2 N–H and O–H groups in total.